The molecule has 1 N–H and O–H groups in total. The first-order chi connectivity index (χ1) is 15.0. The lowest BCUT2D eigenvalue weighted by molar-refractivity contribution is -0.146. The molecule has 0 aliphatic rings. The minimum Gasteiger partial charge on any atom is -0.464 e. The number of esters is 1. The number of carbonyl (C=O) groups excluding carboxylic acids is 2. The predicted octanol–water partition coefficient (Wildman–Crippen LogP) is 7.34. The molecule has 5 heteroatoms. The molecule has 1 unspecified atom stereocenters. The topological polar surface area (TPSA) is 64.6 Å². The lowest BCUT2D eigenvalue weighted by Crippen LogP contribution is -2.42. The van der Waals surface area contributed by atoms with Crippen molar-refractivity contribution in [2.75, 3.05) is 13.2 Å². The Hall–Kier alpha value is -1.52. The summed E-state index contributed by atoms with van der Waals surface area (Å²) in [5.74, 6) is -0.174. The number of hydrogen-bond donors (Lipinski definition) is 1. The van der Waals surface area contributed by atoms with E-state index in [1.165, 1.54) is 77.0 Å². The van der Waals surface area contributed by atoms with Gasteiger partial charge >= 0.3 is 12.1 Å². The first kappa shape index (κ1) is 29.5. The molecule has 0 aliphatic carbocycles. The molecule has 1 atom stereocenters. The number of carbonyl (C=O) groups is 2. The van der Waals surface area contributed by atoms with Crippen LogP contribution in [0.25, 0.3) is 0 Å². The largest absolute Gasteiger partial charge is 0.464 e. The summed E-state index contributed by atoms with van der Waals surface area (Å²) in [6.07, 6.45) is 19.4. The lowest BCUT2D eigenvalue weighted by atomic mass is 10.0. The third-order valence-corrected chi connectivity index (χ3v) is 5.27. The Labute approximate surface area is 191 Å². The Morgan fingerprint density at radius 1 is 0.806 bits per heavy atom. The van der Waals surface area contributed by atoms with Crippen LogP contribution in [0.1, 0.15) is 117 Å². The molecule has 0 rings (SSSR count). The van der Waals surface area contributed by atoms with Crippen molar-refractivity contribution in [3.05, 3.63) is 12.7 Å². The summed E-state index contributed by atoms with van der Waals surface area (Å²) in [5.41, 5.74) is 0. The molecule has 0 aliphatic heterocycles. The average Bonchev–Trinajstić information content (AvgIpc) is 2.74. The molecule has 0 fully saturated rings. The second-order valence-electron chi connectivity index (χ2n) is 8.98. The molecule has 0 saturated carbocycles. The van der Waals surface area contributed by atoms with Gasteiger partial charge in [0.2, 0.25) is 0 Å². The van der Waals surface area contributed by atoms with Crippen LogP contribution < -0.4 is 5.32 Å². The number of unbranched alkanes of at least 4 members (excludes halogenated alkanes) is 13. The van der Waals surface area contributed by atoms with Crippen LogP contribution in [0.2, 0.25) is 0 Å². The Bertz CT molecular complexity index is 451. The van der Waals surface area contributed by atoms with Gasteiger partial charge in [0, 0.05) is 0 Å². The summed E-state index contributed by atoms with van der Waals surface area (Å²) < 4.78 is 10.4. The number of nitrogens with one attached hydrogen (secondary N) is 1. The minimum atomic E-state index is -0.733. The molecule has 1 amide bonds. The Kier molecular flexibility index (Phi) is 20.6. The van der Waals surface area contributed by atoms with E-state index in [1.54, 1.807) is 6.08 Å². The van der Waals surface area contributed by atoms with Gasteiger partial charge in [-0.15, -0.1) is 6.58 Å². The minimum absolute atomic E-state index is 0.246. The van der Waals surface area contributed by atoms with Crippen LogP contribution in [0.5, 0.6) is 0 Å². The number of rotatable bonds is 21. The van der Waals surface area contributed by atoms with Crippen molar-refractivity contribution < 1.29 is 19.1 Å². The maximum atomic E-state index is 12.2. The van der Waals surface area contributed by atoms with Crippen LogP contribution in [0.15, 0.2) is 12.7 Å². The molecule has 0 aromatic rings. The molecule has 0 aromatic heterocycles. The number of ether oxygens (including phenoxy) is 2. The summed E-state index contributed by atoms with van der Waals surface area (Å²) in [4.78, 5) is 24.0. The zero-order valence-corrected chi connectivity index (χ0v) is 20.6. The zero-order valence-electron chi connectivity index (χ0n) is 20.6. The molecule has 0 heterocycles. The third kappa shape index (κ3) is 20.2. The second kappa shape index (κ2) is 21.7. The van der Waals surface area contributed by atoms with Crippen molar-refractivity contribution in [2.24, 2.45) is 5.92 Å². The monoisotopic (exact) mass is 439 g/mol. The highest BCUT2D eigenvalue weighted by Gasteiger charge is 2.21. The molecular weight excluding hydrogens is 390 g/mol. The van der Waals surface area contributed by atoms with Crippen molar-refractivity contribution in [3.8, 4) is 0 Å². The van der Waals surface area contributed by atoms with E-state index in [9.17, 15) is 9.59 Å². The summed E-state index contributed by atoms with van der Waals surface area (Å²) >= 11 is 0. The molecule has 0 spiro atoms. The Morgan fingerprint density at radius 3 is 1.74 bits per heavy atom. The van der Waals surface area contributed by atoms with Crippen molar-refractivity contribution >= 4 is 12.1 Å². The van der Waals surface area contributed by atoms with Crippen LogP contribution >= 0.6 is 0 Å². The highest BCUT2D eigenvalue weighted by molar-refractivity contribution is 5.81. The normalized spacial score (nSPS) is 11.9. The van der Waals surface area contributed by atoms with Crippen molar-refractivity contribution in [2.45, 2.75) is 123 Å². The van der Waals surface area contributed by atoms with Gasteiger partial charge in [0.05, 0.1) is 13.2 Å². The first-order valence-electron chi connectivity index (χ1n) is 12.7. The maximum absolute atomic E-state index is 12.2. The van der Waals surface area contributed by atoms with Crippen LogP contribution in [0.3, 0.4) is 0 Å². The van der Waals surface area contributed by atoms with E-state index in [0.29, 0.717) is 19.6 Å². The van der Waals surface area contributed by atoms with Crippen molar-refractivity contribution in [3.63, 3.8) is 0 Å². The summed E-state index contributed by atoms with van der Waals surface area (Å²) in [6.45, 7) is 10.5. The van der Waals surface area contributed by atoms with Gasteiger partial charge in [-0.05, 0) is 18.8 Å². The second-order valence-corrected chi connectivity index (χ2v) is 8.98. The van der Waals surface area contributed by atoms with Gasteiger partial charge in [-0.1, -0.05) is 110 Å². The summed E-state index contributed by atoms with van der Waals surface area (Å²) in [6, 6.07) is -0.733. The molecule has 0 bridgehead atoms. The first-order valence-corrected chi connectivity index (χ1v) is 12.7. The van der Waals surface area contributed by atoms with E-state index in [4.69, 9.17) is 9.47 Å². The van der Waals surface area contributed by atoms with Gasteiger partial charge in [0.15, 0.2) is 0 Å². The van der Waals surface area contributed by atoms with Crippen molar-refractivity contribution in [1.82, 2.24) is 5.32 Å². The average molecular weight is 440 g/mol. The molecule has 31 heavy (non-hydrogen) atoms. The molecule has 182 valence electrons. The molecule has 0 radical (unpaired) electrons. The van der Waals surface area contributed by atoms with Gasteiger partial charge in [-0.3, -0.25) is 0 Å². The molecule has 0 saturated heterocycles. The van der Waals surface area contributed by atoms with Crippen molar-refractivity contribution in [1.29, 1.82) is 0 Å². The fraction of sp³-hybridized carbons (Fsp3) is 0.846. The fourth-order valence-corrected chi connectivity index (χ4v) is 3.38. The zero-order chi connectivity index (χ0) is 23.2. The SMILES string of the molecule is C=CCC(NC(=O)OCC(C)C)C(=O)OCCCCCCCCCCCCCCCC. The van der Waals surface area contributed by atoms with Crippen LogP contribution in [0, 0.1) is 5.92 Å². The maximum Gasteiger partial charge on any atom is 0.407 e. The van der Waals surface area contributed by atoms with E-state index < -0.39 is 18.1 Å². The van der Waals surface area contributed by atoms with Gasteiger partial charge in [-0.2, -0.15) is 0 Å². The van der Waals surface area contributed by atoms with E-state index in [0.717, 1.165) is 12.8 Å². The van der Waals surface area contributed by atoms with Crippen LogP contribution in [-0.2, 0) is 14.3 Å². The molecule has 0 aromatic carbocycles. The quantitative estimate of drug-likeness (QED) is 0.115. The molecule has 5 nitrogen and oxygen atoms in total. The standard InChI is InChI=1S/C26H49NO4/c1-5-7-8-9-10-11-12-13-14-15-16-17-18-19-21-30-25(28)24(20-6-2)27-26(29)31-22-23(3)4/h6,23-24H,2,5,7-22H2,1,3-4H3,(H,27,29). The Balaban J connectivity index is 3.63. The number of amides is 1. The highest BCUT2D eigenvalue weighted by Crippen LogP contribution is 2.13. The van der Waals surface area contributed by atoms with Crippen LogP contribution in [-0.4, -0.2) is 31.3 Å². The smallest absolute Gasteiger partial charge is 0.407 e. The van der Waals surface area contributed by atoms with Gasteiger partial charge in [-0.25, -0.2) is 9.59 Å². The Morgan fingerprint density at radius 2 is 1.29 bits per heavy atom. The highest BCUT2D eigenvalue weighted by atomic mass is 16.6. The van der Waals surface area contributed by atoms with E-state index in [-0.39, 0.29) is 5.92 Å². The molecular formula is C26H49NO4. The van der Waals surface area contributed by atoms with Crippen LogP contribution in [0.4, 0.5) is 4.79 Å². The third-order valence-electron chi connectivity index (χ3n) is 5.27. The van der Waals surface area contributed by atoms with E-state index in [1.807, 2.05) is 13.8 Å². The fourth-order valence-electron chi connectivity index (χ4n) is 3.38. The van der Waals surface area contributed by atoms with E-state index in [2.05, 4.69) is 18.8 Å². The predicted molar refractivity (Wildman–Crippen MR) is 129 cm³/mol. The van der Waals surface area contributed by atoms with Gasteiger partial charge < -0.3 is 14.8 Å². The summed E-state index contributed by atoms with van der Waals surface area (Å²) in [5, 5.41) is 2.57. The number of hydrogen-bond acceptors (Lipinski definition) is 4. The summed E-state index contributed by atoms with van der Waals surface area (Å²) in [7, 11) is 0. The number of alkyl carbamates (subject to hydrolysis) is 1. The van der Waals surface area contributed by atoms with E-state index >= 15 is 0 Å². The van der Waals surface area contributed by atoms with Gasteiger partial charge in [0.1, 0.15) is 6.04 Å². The lowest BCUT2D eigenvalue weighted by Gasteiger charge is -2.16. The van der Waals surface area contributed by atoms with Gasteiger partial charge in [0.25, 0.3) is 0 Å².